The van der Waals surface area contributed by atoms with Crippen molar-refractivity contribution in [2.24, 2.45) is 0 Å². The molecular formula is C25H25BN2O2. The van der Waals surface area contributed by atoms with Gasteiger partial charge in [-0.25, -0.2) is 4.98 Å². The Bertz CT molecular complexity index is 1240. The van der Waals surface area contributed by atoms with E-state index >= 15 is 0 Å². The summed E-state index contributed by atoms with van der Waals surface area (Å²) in [5, 5.41) is 0. The van der Waals surface area contributed by atoms with E-state index in [9.17, 15) is 0 Å². The van der Waals surface area contributed by atoms with Crippen molar-refractivity contribution in [1.29, 1.82) is 0 Å². The van der Waals surface area contributed by atoms with Crippen molar-refractivity contribution in [2.75, 3.05) is 0 Å². The van der Waals surface area contributed by atoms with E-state index in [1.807, 2.05) is 0 Å². The molecule has 6 rings (SSSR count). The maximum absolute atomic E-state index is 6.33. The Hall–Kier alpha value is -2.63. The lowest BCUT2D eigenvalue weighted by Crippen LogP contribution is -2.41. The molecule has 3 heterocycles. The number of hydrogen-bond acceptors (Lipinski definition) is 3. The summed E-state index contributed by atoms with van der Waals surface area (Å²) in [6, 6.07) is 15.0. The first-order chi connectivity index (χ1) is 14.4. The number of nitrogens with zero attached hydrogens (tertiary/aromatic N) is 2. The quantitative estimate of drug-likeness (QED) is 0.557. The van der Waals surface area contributed by atoms with Gasteiger partial charge < -0.3 is 9.31 Å². The lowest BCUT2D eigenvalue weighted by atomic mass is 9.74. The van der Waals surface area contributed by atoms with Crippen LogP contribution in [0.5, 0.6) is 0 Å². The highest BCUT2D eigenvalue weighted by atomic mass is 16.7. The van der Waals surface area contributed by atoms with E-state index < -0.39 is 0 Å². The van der Waals surface area contributed by atoms with Crippen LogP contribution in [0.15, 0.2) is 60.7 Å². The van der Waals surface area contributed by atoms with Gasteiger partial charge in [-0.15, -0.1) is 0 Å². The summed E-state index contributed by atoms with van der Waals surface area (Å²) in [6.07, 6.45) is 7.60. The highest BCUT2D eigenvalue weighted by Crippen LogP contribution is 2.46. The van der Waals surface area contributed by atoms with Gasteiger partial charge in [-0.3, -0.25) is 4.57 Å². The van der Waals surface area contributed by atoms with Gasteiger partial charge in [-0.05, 0) is 63.3 Å². The van der Waals surface area contributed by atoms with Crippen molar-refractivity contribution < 1.29 is 9.31 Å². The summed E-state index contributed by atoms with van der Waals surface area (Å²) in [5.74, 6) is 1.36. The molecule has 4 nitrogen and oxygen atoms in total. The molecule has 1 aliphatic carbocycles. The Morgan fingerprint density at radius 3 is 2.60 bits per heavy atom. The number of aromatic nitrogens is 2. The molecule has 150 valence electrons. The van der Waals surface area contributed by atoms with E-state index in [1.54, 1.807) is 0 Å². The average molecular weight is 396 g/mol. The van der Waals surface area contributed by atoms with Crippen molar-refractivity contribution in [3.63, 3.8) is 0 Å². The molecule has 1 fully saturated rings. The fraction of sp³-hybridized carbons (Fsp3) is 0.320. The largest absolute Gasteiger partial charge is 0.494 e. The fourth-order valence-corrected chi connectivity index (χ4v) is 4.80. The van der Waals surface area contributed by atoms with Gasteiger partial charge in [-0.2, -0.15) is 0 Å². The molecule has 1 saturated heterocycles. The van der Waals surface area contributed by atoms with E-state index in [-0.39, 0.29) is 18.3 Å². The van der Waals surface area contributed by atoms with Crippen LogP contribution in [0.25, 0.3) is 22.3 Å². The predicted octanol–water partition coefficient (Wildman–Crippen LogP) is 4.77. The molecule has 0 spiro atoms. The minimum absolute atomic E-state index is 0.302. The lowest BCUT2D eigenvalue weighted by molar-refractivity contribution is 0.00578. The first kappa shape index (κ1) is 18.2. The summed E-state index contributed by atoms with van der Waals surface area (Å²) in [6.45, 7) is 8.40. The second kappa shape index (κ2) is 5.96. The van der Waals surface area contributed by atoms with Gasteiger partial charge in [0.15, 0.2) is 0 Å². The monoisotopic (exact) mass is 396 g/mol. The van der Waals surface area contributed by atoms with E-state index in [4.69, 9.17) is 14.3 Å². The summed E-state index contributed by atoms with van der Waals surface area (Å²) >= 11 is 0. The third-order valence-corrected chi connectivity index (χ3v) is 7.17. The fourth-order valence-electron chi connectivity index (χ4n) is 4.80. The molecule has 0 saturated carbocycles. The molecule has 3 aromatic rings. The molecular weight excluding hydrogens is 371 g/mol. The van der Waals surface area contributed by atoms with E-state index in [1.165, 1.54) is 16.8 Å². The summed E-state index contributed by atoms with van der Waals surface area (Å²) in [5.41, 5.74) is 6.36. The summed E-state index contributed by atoms with van der Waals surface area (Å²) in [4.78, 5) is 4.99. The predicted molar refractivity (Wildman–Crippen MR) is 121 cm³/mol. The number of allylic oxidation sites excluding steroid dienone is 4. The van der Waals surface area contributed by atoms with E-state index in [2.05, 4.69) is 93.0 Å². The second-order valence-electron chi connectivity index (χ2n) is 9.50. The SMILES string of the molecule is CC1(C)OB(c2ccc3c(c2)C2CC=CC=C2c2nc4ccccc4n2-3)OC1(C)C. The first-order valence-electron chi connectivity index (χ1n) is 10.7. The van der Waals surface area contributed by atoms with Gasteiger partial charge in [0.05, 0.1) is 27.9 Å². The van der Waals surface area contributed by atoms with Crippen LogP contribution >= 0.6 is 0 Å². The van der Waals surface area contributed by atoms with Crippen molar-refractivity contribution >= 4 is 29.2 Å². The third kappa shape index (κ3) is 2.39. The molecule has 2 aromatic carbocycles. The van der Waals surface area contributed by atoms with Gasteiger partial charge in [0.1, 0.15) is 5.82 Å². The van der Waals surface area contributed by atoms with Gasteiger partial charge in [0.25, 0.3) is 0 Å². The highest BCUT2D eigenvalue weighted by molar-refractivity contribution is 6.62. The van der Waals surface area contributed by atoms with Crippen LogP contribution in [0, 0.1) is 0 Å². The van der Waals surface area contributed by atoms with Gasteiger partial charge in [0, 0.05) is 11.5 Å². The first-order valence-corrected chi connectivity index (χ1v) is 10.7. The molecule has 3 aliphatic rings. The van der Waals surface area contributed by atoms with Crippen LogP contribution in [0.2, 0.25) is 0 Å². The second-order valence-corrected chi connectivity index (χ2v) is 9.50. The van der Waals surface area contributed by atoms with Crippen LogP contribution < -0.4 is 5.46 Å². The van der Waals surface area contributed by atoms with E-state index in [0.717, 1.165) is 28.7 Å². The van der Waals surface area contributed by atoms with Gasteiger partial charge in [0.2, 0.25) is 0 Å². The normalized spacial score (nSPS) is 23.1. The maximum Gasteiger partial charge on any atom is 0.494 e. The Labute approximate surface area is 177 Å². The number of imidazole rings is 1. The Kier molecular flexibility index (Phi) is 3.61. The van der Waals surface area contributed by atoms with Crippen LogP contribution in [0.1, 0.15) is 51.4 Å². The molecule has 0 bridgehead atoms. The van der Waals surface area contributed by atoms with Crippen LogP contribution in [-0.4, -0.2) is 27.9 Å². The van der Waals surface area contributed by atoms with Crippen LogP contribution in [0.4, 0.5) is 0 Å². The molecule has 0 amide bonds. The van der Waals surface area contributed by atoms with Crippen molar-refractivity contribution in [2.45, 2.75) is 51.2 Å². The maximum atomic E-state index is 6.33. The molecule has 1 unspecified atom stereocenters. The highest BCUT2D eigenvalue weighted by Gasteiger charge is 2.52. The minimum atomic E-state index is -0.354. The molecule has 0 radical (unpaired) electrons. The Morgan fingerprint density at radius 2 is 1.80 bits per heavy atom. The summed E-state index contributed by atoms with van der Waals surface area (Å²) < 4.78 is 15.0. The zero-order valence-corrected chi connectivity index (χ0v) is 17.8. The number of rotatable bonds is 1. The smallest absolute Gasteiger partial charge is 0.399 e. The molecule has 1 atom stereocenters. The van der Waals surface area contributed by atoms with Gasteiger partial charge >= 0.3 is 7.12 Å². The van der Waals surface area contributed by atoms with Crippen molar-refractivity contribution in [3.05, 3.63) is 72.1 Å². The van der Waals surface area contributed by atoms with E-state index in [0.29, 0.717) is 5.92 Å². The average Bonchev–Trinajstić information content (AvgIpc) is 3.22. The topological polar surface area (TPSA) is 36.3 Å². The van der Waals surface area contributed by atoms with Crippen LogP contribution in [-0.2, 0) is 9.31 Å². The molecule has 2 aliphatic heterocycles. The molecule has 0 N–H and O–H groups in total. The molecule has 30 heavy (non-hydrogen) atoms. The third-order valence-electron chi connectivity index (χ3n) is 7.17. The Morgan fingerprint density at radius 1 is 1.03 bits per heavy atom. The number of para-hydroxylation sites is 2. The van der Waals surface area contributed by atoms with Crippen molar-refractivity contribution in [3.8, 4) is 5.69 Å². The lowest BCUT2D eigenvalue weighted by Gasteiger charge is -2.32. The zero-order valence-electron chi connectivity index (χ0n) is 17.8. The standard InChI is InChI=1S/C25H25BN2O2/c1-24(2)25(3,4)30-26(29-24)16-13-14-21-19(15-16)17-9-5-6-10-18(17)23-27-20-11-7-8-12-22(20)28(21)23/h5-8,10-15,17H,9H2,1-4H3. The van der Waals surface area contributed by atoms with Crippen molar-refractivity contribution in [1.82, 2.24) is 9.55 Å². The molecule has 5 heteroatoms. The Balaban J connectivity index is 1.54. The number of fused-ring (bicyclic) bond motifs is 8. The number of benzene rings is 2. The number of hydrogen-bond donors (Lipinski definition) is 0. The minimum Gasteiger partial charge on any atom is -0.399 e. The summed E-state index contributed by atoms with van der Waals surface area (Å²) in [7, 11) is -0.354. The zero-order chi connectivity index (χ0) is 20.7. The van der Waals surface area contributed by atoms with Crippen LogP contribution in [0.3, 0.4) is 0 Å². The molecule has 1 aromatic heterocycles. The van der Waals surface area contributed by atoms with Gasteiger partial charge in [-0.1, -0.05) is 42.5 Å².